The predicted octanol–water partition coefficient (Wildman–Crippen LogP) is 2.25. The maximum Gasteiger partial charge on any atom is 0.0768 e. The molecule has 1 aliphatic rings. The van der Waals surface area contributed by atoms with E-state index in [0.717, 1.165) is 26.2 Å². The molecule has 3 heteroatoms. The van der Waals surface area contributed by atoms with Gasteiger partial charge in [0, 0.05) is 19.1 Å². The van der Waals surface area contributed by atoms with E-state index in [1.165, 1.54) is 25.7 Å². The van der Waals surface area contributed by atoms with Gasteiger partial charge in [-0.1, -0.05) is 27.2 Å². The number of hydrogen-bond donors (Lipinski definition) is 2. The van der Waals surface area contributed by atoms with E-state index >= 15 is 0 Å². The standard InChI is InChI=1S/C15H32N2O/c1-5-9-16-11-14-8-6-7-10-17(14)12-15(4,18)13(2)3/h13-14,16,18H,5-12H2,1-4H3. The zero-order chi connectivity index (χ0) is 13.6. The quantitative estimate of drug-likeness (QED) is 0.686. The largest absolute Gasteiger partial charge is 0.389 e. The van der Waals surface area contributed by atoms with Crippen molar-refractivity contribution in [3.8, 4) is 0 Å². The van der Waals surface area contributed by atoms with Gasteiger partial charge < -0.3 is 10.4 Å². The van der Waals surface area contributed by atoms with Crippen molar-refractivity contribution in [2.45, 2.75) is 65.0 Å². The first-order valence-corrected chi connectivity index (χ1v) is 7.64. The minimum Gasteiger partial charge on any atom is -0.389 e. The summed E-state index contributed by atoms with van der Waals surface area (Å²) in [5.74, 6) is 0.309. The van der Waals surface area contributed by atoms with Crippen molar-refractivity contribution in [3.05, 3.63) is 0 Å². The van der Waals surface area contributed by atoms with Crippen LogP contribution < -0.4 is 5.32 Å². The fourth-order valence-corrected chi connectivity index (χ4v) is 2.54. The van der Waals surface area contributed by atoms with E-state index in [1.807, 2.05) is 6.92 Å². The van der Waals surface area contributed by atoms with Gasteiger partial charge in [0.25, 0.3) is 0 Å². The molecule has 18 heavy (non-hydrogen) atoms. The van der Waals surface area contributed by atoms with Gasteiger partial charge in [-0.05, 0) is 45.2 Å². The summed E-state index contributed by atoms with van der Waals surface area (Å²) >= 11 is 0. The molecule has 1 fully saturated rings. The molecule has 0 aromatic heterocycles. The lowest BCUT2D eigenvalue weighted by Crippen LogP contribution is -2.53. The van der Waals surface area contributed by atoms with Crippen molar-refractivity contribution in [2.24, 2.45) is 5.92 Å². The summed E-state index contributed by atoms with van der Waals surface area (Å²) in [6.07, 6.45) is 5.07. The molecule has 1 rings (SSSR count). The lowest BCUT2D eigenvalue weighted by atomic mass is 9.90. The van der Waals surface area contributed by atoms with Crippen LogP contribution in [0, 0.1) is 5.92 Å². The van der Waals surface area contributed by atoms with E-state index in [2.05, 4.69) is 31.0 Å². The molecule has 0 amide bonds. The minimum absolute atomic E-state index is 0.309. The van der Waals surface area contributed by atoms with E-state index in [-0.39, 0.29) is 0 Å². The molecule has 0 aromatic carbocycles. The highest BCUT2D eigenvalue weighted by Crippen LogP contribution is 2.23. The van der Waals surface area contributed by atoms with Gasteiger partial charge in [0.1, 0.15) is 0 Å². The predicted molar refractivity (Wildman–Crippen MR) is 77.8 cm³/mol. The first-order valence-electron chi connectivity index (χ1n) is 7.64. The second-order valence-corrected chi connectivity index (χ2v) is 6.34. The fourth-order valence-electron chi connectivity index (χ4n) is 2.54. The first kappa shape index (κ1) is 15.9. The van der Waals surface area contributed by atoms with Crippen molar-refractivity contribution in [1.29, 1.82) is 0 Å². The van der Waals surface area contributed by atoms with Crippen LogP contribution in [-0.2, 0) is 0 Å². The average molecular weight is 256 g/mol. The molecule has 0 aliphatic carbocycles. The van der Waals surface area contributed by atoms with Gasteiger partial charge in [0.15, 0.2) is 0 Å². The zero-order valence-corrected chi connectivity index (χ0v) is 12.7. The number of likely N-dealkylation sites (tertiary alicyclic amines) is 1. The normalized spacial score (nSPS) is 25.3. The molecule has 0 saturated carbocycles. The van der Waals surface area contributed by atoms with E-state index in [0.29, 0.717) is 12.0 Å². The van der Waals surface area contributed by atoms with Gasteiger partial charge in [-0.25, -0.2) is 0 Å². The Hall–Kier alpha value is -0.120. The second kappa shape index (κ2) is 7.46. The maximum absolute atomic E-state index is 10.5. The Bertz CT molecular complexity index is 229. The van der Waals surface area contributed by atoms with E-state index in [9.17, 15) is 5.11 Å². The summed E-state index contributed by atoms with van der Waals surface area (Å²) in [6, 6.07) is 0.607. The lowest BCUT2D eigenvalue weighted by molar-refractivity contribution is -0.0355. The number of hydrogen-bond acceptors (Lipinski definition) is 3. The number of rotatable bonds is 7. The monoisotopic (exact) mass is 256 g/mol. The van der Waals surface area contributed by atoms with Gasteiger partial charge in [-0.15, -0.1) is 0 Å². The van der Waals surface area contributed by atoms with Crippen LogP contribution in [0.5, 0.6) is 0 Å². The Balaban J connectivity index is 2.48. The minimum atomic E-state index is -0.569. The third-order valence-corrected chi connectivity index (χ3v) is 4.32. The van der Waals surface area contributed by atoms with Crippen LogP contribution in [0.2, 0.25) is 0 Å². The Morgan fingerprint density at radius 2 is 2.11 bits per heavy atom. The zero-order valence-electron chi connectivity index (χ0n) is 12.7. The highest BCUT2D eigenvalue weighted by molar-refractivity contribution is 4.86. The summed E-state index contributed by atoms with van der Waals surface area (Å²) in [5, 5.41) is 14.0. The first-order chi connectivity index (χ1) is 8.47. The van der Waals surface area contributed by atoms with E-state index in [4.69, 9.17) is 0 Å². The van der Waals surface area contributed by atoms with Crippen molar-refractivity contribution in [2.75, 3.05) is 26.2 Å². The Morgan fingerprint density at radius 3 is 2.72 bits per heavy atom. The molecule has 0 radical (unpaired) electrons. The Kier molecular flexibility index (Phi) is 6.61. The summed E-state index contributed by atoms with van der Waals surface area (Å²) < 4.78 is 0. The maximum atomic E-state index is 10.5. The topological polar surface area (TPSA) is 35.5 Å². The molecular formula is C15H32N2O. The van der Waals surface area contributed by atoms with Gasteiger partial charge >= 0.3 is 0 Å². The Labute approximate surface area is 113 Å². The van der Waals surface area contributed by atoms with E-state index in [1.54, 1.807) is 0 Å². The molecule has 0 spiro atoms. The Morgan fingerprint density at radius 1 is 1.39 bits per heavy atom. The molecule has 1 aliphatic heterocycles. The van der Waals surface area contributed by atoms with Crippen LogP contribution >= 0.6 is 0 Å². The molecule has 2 atom stereocenters. The molecule has 0 bridgehead atoms. The molecular weight excluding hydrogens is 224 g/mol. The molecule has 0 aromatic rings. The van der Waals surface area contributed by atoms with Crippen LogP contribution in [0.4, 0.5) is 0 Å². The fraction of sp³-hybridized carbons (Fsp3) is 1.00. The van der Waals surface area contributed by atoms with Crippen LogP contribution in [0.3, 0.4) is 0 Å². The lowest BCUT2D eigenvalue weighted by Gasteiger charge is -2.41. The summed E-state index contributed by atoms with van der Waals surface area (Å²) in [4.78, 5) is 2.49. The third kappa shape index (κ3) is 4.87. The van der Waals surface area contributed by atoms with Crippen molar-refractivity contribution < 1.29 is 5.11 Å². The number of piperidine rings is 1. The number of aliphatic hydroxyl groups is 1. The van der Waals surface area contributed by atoms with Gasteiger partial charge in [-0.3, -0.25) is 4.90 Å². The molecule has 2 unspecified atom stereocenters. The SMILES string of the molecule is CCCNCC1CCCCN1CC(C)(O)C(C)C. The molecule has 2 N–H and O–H groups in total. The molecule has 1 heterocycles. The van der Waals surface area contributed by atoms with E-state index < -0.39 is 5.60 Å². The molecule has 3 nitrogen and oxygen atoms in total. The highest BCUT2D eigenvalue weighted by atomic mass is 16.3. The number of nitrogens with zero attached hydrogens (tertiary/aromatic N) is 1. The van der Waals surface area contributed by atoms with Crippen LogP contribution in [0.25, 0.3) is 0 Å². The van der Waals surface area contributed by atoms with Crippen LogP contribution in [-0.4, -0.2) is 47.8 Å². The highest BCUT2D eigenvalue weighted by Gasteiger charge is 2.31. The van der Waals surface area contributed by atoms with Gasteiger partial charge in [-0.2, -0.15) is 0 Å². The second-order valence-electron chi connectivity index (χ2n) is 6.34. The smallest absolute Gasteiger partial charge is 0.0768 e. The summed E-state index contributed by atoms with van der Waals surface area (Å²) in [5.41, 5.74) is -0.569. The van der Waals surface area contributed by atoms with Crippen molar-refractivity contribution in [3.63, 3.8) is 0 Å². The van der Waals surface area contributed by atoms with Crippen molar-refractivity contribution >= 4 is 0 Å². The molecule has 1 saturated heterocycles. The number of nitrogens with one attached hydrogen (secondary N) is 1. The summed E-state index contributed by atoms with van der Waals surface area (Å²) in [7, 11) is 0. The van der Waals surface area contributed by atoms with Gasteiger partial charge in [0.2, 0.25) is 0 Å². The van der Waals surface area contributed by atoms with Crippen molar-refractivity contribution in [1.82, 2.24) is 10.2 Å². The number of β-amino-alcohol motifs (C(OH)–C–C–N with tert-alkyl or cyclic N) is 1. The third-order valence-electron chi connectivity index (χ3n) is 4.32. The van der Waals surface area contributed by atoms with Crippen LogP contribution in [0.15, 0.2) is 0 Å². The van der Waals surface area contributed by atoms with Crippen LogP contribution in [0.1, 0.15) is 53.4 Å². The molecule has 108 valence electrons. The average Bonchev–Trinajstić information content (AvgIpc) is 2.31. The van der Waals surface area contributed by atoms with Gasteiger partial charge in [0.05, 0.1) is 5.60 Å². The summed E-state index contributed by atoms with van der Waals surface area (Å²) in [6.45, 7) is 12.5.